The van der Waals surface area contributed by atoms with E-state index in [0.29, 0.717) is 17.6 Å². The van der Waals surface area contributed by atoms with Crippen LogP contribution >= 0.6 is 0 Å². The predicted octanol–water partition coefficient (Wildman–Crippen LogP) is 1.86. The number of carbonyl (C=O) groups is 2. The van der Waals surface area contributed by atoms with Crippen LogP contribution in [-0.2, 0) is 9.53 Å². The summed E-state index contributed by atoms with van der Waals surface area (Å²) in [6, 6.07) is 4.05. The molecule has 0 aliphatic rings. The summed E-state index contributed by atoms with van der Waals surface area (Å²) >= 11 is 0. The second kappa shape index (κ2) is 5.09. The Kier molecular flexibility index (Phi) is 3.50. The van der Waals surface area contributed by atoms with Crippen LogP contribution in [0.25, 0.3) is 11.0 Å². The van der Waals surface area contributed by atoms with E-state index in [1.165, 1.54) is 18.5 Å². The van der Waals surface area contributed by atoms with Crippen molar-refractivity contribution >= 4 is 23.0 Å². The first-order valence-electron chi connectivity index (χ1n) is 5.91. The van der Waals surface area contributed by atoms with Crippen molar-refractivity contribution in [1.82, 2.24) is 9.55 Å². The van der Waals surface area contributed by atoms with E-state index >= 15 is 0 Å². The maximum absolute atomic E-state index is 11.7. The van der Waals surface area contributed by atoms with E-state index in [-0.39, 0.29) is 11.5 Å². The van der Waals surface area contributed by atoms with Gasteiger partial charge in [0.25, 0.3) is 0 Å². The van der Waals surface area contributed by atoms with Gasteiger partial charge in [0.05, 0.1) is 29.5 Å². The SMILES string of the molecule is CCOC(=O)C(C)n1cnc2ccc(C(=O)O)cc21. The molecule has 1 unspecified atom stereocenters. The topological polar surface area (TPSA) is 81.4 Å². The Morgan fingerprint density at radius 3 is 2.84 bits per heavy atom. The zero-order valence-electron chi connectivity index (χ0n) is 10.7. The van der Waals surface area contributed by atoms with E-state index < -0.39 is 12.0 Å². The number of ether oxygens (including phenoxy) is 1. The first-order valence-corrected chi connectivity index (χ1v) is 5.91. The van der Waals surface area contributed by atoms with Crippen LogP contribution in [-0.4, -0.2) is 33.2 Å². The number of nitrogens with zero attached hydrogens (tertiary/aromatic N) is 2. The summed E-state index contributed by atoms with van der Waals surface area (Å²) in [4.78, 5) is 26.8. The zero-order chi connectivity index (χ0) is 14.0. The molecular formula is C13H14N2O4. The van der Waals surface area contributed by atoms with Crippen LogP contribution in [0, 0.1) is 0 Å². The van der Waals surface area contributed by atoms with Gasteiger partial charge >= 0.3 is 11.9 Å². The second-order valence-corrected chi connectivity index (χ2v) is 4.09. The number of esters is 1. The van der Waals surface area contributed by atoms with E-state index in [0.717, 1.165) is 0 Å². The van der Waals surface area contributed by atoms with Gasteiger partial charge in [0.1, 0.15) is 6.04 Å². The second-order valence-electron chi connectivity index (χ2n) is 4.09. The van der Waals surface area contributed by atoms with Gasteiger partial charge in [0.2, 0.25) is 0 Å². The Morgan fingerprint density at radius 1 is 1.47 bits per heavy atom. The van der Waals surface area contributed by atoms with Gasteiger partial charge in [-0.1, -0.05) is 0 Å². The summed E-state index contributed by atoms with van der Waals surface area (Å²) in [5.41, 5.74) is 1.40. The maximum atomic E-state index is 11.7. The number of fused-ring (bicyclic) bond motifs is 1. The summed E-state index contributed by atoms with van der Waals surface area (Å²) in [7, 11) is 0. The van der Waals surface area contributed by atoms with Gasteiger partial charge in [-0.3, -0.25) is 0 Å². The van der Waals surface area contributed by atoms with Crippen molar-refractivity contribution in [3.8, 4) is 0 Å². The number of carboxylic acid groups (broad SMARTS) is 1. The first kappa shape index (κ1) is 13.1. The average Bonchev–Trinajstić information content (AvgIpc) is 2.80. The highest BCUT2D eigenvalue weighted by atomic mass is 16.5. The minimum Gasteiger partial charge on any atom is -0.478 e. The molecule has 0 saturated carbocycles. The molecule has 0 fully saturated rings. The third-order valence-corrected chi connectivity index (χ3v) is 2.87. The van der Waals surface area contributed by atoms with E-state index in [1.807, 2.05) is 0 Å². The molecule has 0 amide bonds. The Balaban J connectivity index is 2.46. The minimum absolute atomic E-state index is 0.158. The lowest BCUT2D eigenvalue weighted by Crippen LogP contribution is -2.18. The number of carbonyl (C=O) groups excluding carboxylic acids is 1. The molecule has 0 radical (unpaired) electrons. The van der Waals surface area contributed by atoms with E-state index in [4.69, 9.17) is 9.84 Å². The number of hydrogen-bond donors (Lipinski definition) is 1. The van der Waals surface area contributed by atoms with Crippen LogP contribution in [0.3, 0.4) is 0 Å². The van der Waals surface area contributed by atoms with Gasteiger partial charge < -0.3 is 14.4 Å². The van der Waals surface area contributed by atoms with Crippen molar-refractivity contribution < 1.29 is 19.4 Å². The molecule has 6 heteroatoms. The molecule has 0 aliphatic carbocycles. The Hall–Kier alpha value is -2.37. The molecule has 100 valence electrons. The highest BCUT2D eigenvalue weighted by Gasteiger charge is 2.19. The van der Waals surface area contributed by atoms with Crippen LogP contribution in [0.2, 0.25) is 0 Å². The molecule has 0 saturated heterocycles. The van der Waals surface area contributed by atoms with Gasteiger partial charge in [0.15, 0.2) is 0 Å². The molecule has 2 aromatic rings. The lowest BCUT2D eigenvalue weighted by Gasteiger charge is -2.13. The van der Waals surface area contributed by atoms with Crippen LogP contribution in [0.1, 0.15) is 30.2 Å². The molecular weight excluding hydrogens is 248 g/mol. The molecule has 1 atom stereocenters. The minimum atomic E-state index is -1.02. The molecule has 19 heavy (non-hydrogen) atoms. The van der Waals surface area contributed by atoms with Crippen molar-refractivity contribution in [3.05, 3.63) is 30.1 Å². The van der Waals surface area contributed by atoms with Gasteiger partial charge in [0, 0.05) is 0 Å². The fourth-order valence-electron chi connectivity index (χ4n) is 1.84. The zero-order valence-corrected chi connectivity index (χ0v) is 10.7. The lowest BCUT2D eigenvalue weighted by atomic mass is 10.2. The van der Waals surface area contributed by atoms with Crippen LogP contribution in [0.5, 0.6) is 0 Å². The monoisotopic (exact) mass is 262 g/mol. The quantitative estimate of drug-likeness (QED) is 0.850. The molecule has 2 rings (SSSR count). The van der Waals surface area contributed by atoms with Crippen molar-refractivity contribution in [2.75, 3.05) is 6.61 Å². The molecule has 0 aliphatic heterocycles. The summed E-state index contributed by atoms with van der Waals surface area (Å²) < 4.78 is 6.56. The van der Waals surface area contributed by atoms with Crippen LogP contribution in [0.4, 0.5) is 0 Å². The van der Waals surface area contributed by atoms with Crippen LogP contribution in [0.15, 0.2) is 24.5 Å². The number of benzene rings is 1. The smallest absolute Gasteiger partial charge is 0.335 e. The lowest BCUT2D eigenvalue weighted by molar-refractivity contribution is -0.146. The molecule has 6 nitrogen and oxygen atoms in total. The summed E-state index contributed by atoms with van der Waals surface area (Å²) in [5, 5.41) is 8.98. The molecule has 1 N–H and O–H groups in total. The van der Waals surface area contributed by atoms with Crippen molar-refractivity contribution in [3.63, 3.8) is 0 Å². The Morgan fingerprint density at radius 2 is 2.21 bits per heavy atom. The van der Waals surface area contributed by atoms with Crippen molar-refractivity contribution in [1.29, 1.82) is 0 Å². The maximum Gasteiger partial charge on any atom is 0.335 e. The molecule has 1 aromatic carbocycles. The fourth-order valence-corrected chi connectivity index (χ4v) is 1.84. The normalized spacial score (nSPS) is 12.3. The molecule has 0 spiro atoms. The van der Waals surface area contributed by atoms with Gasteiger partial charge in [-0.25, -0.2) is 14.6 Å². The van der Waals surface area contributed by atoms with E-state index in [2.05, 4.69) is 4.98 Å². The molecule has 1 heterocycles. The standard InChI is InChI=1S/C13H14N2O4/c1-3-19-13(18)8(2)15-7-14-10-5-4-9(12(16)17)6-11(10)15/h4-8H,3H2,1-2H3,(H,16,17). The first-order chi connectivity index (χ1) is 9.04. The highest BCUT2D eigenvalue weighted by molar-refractivity contribution is 5.92. The van der Waals surface area contributed by atoms with Gasteiger partial charge in [-0.15, -0.1) is 0 Å². The van der Waals surface area contributed by atoms with Gasteiger partial charge in [-0.2, -0.15) is 0 Å². The summed E-state index contributed by atoms with van der Waals surface area (Å²) in [6.07, 6.45) is 1.51. The summed E-state index contributed by atoms with van der Waals surface area (Å²) in [5.74, 6) is -1.39. The van der Waals surface area contributed by atoms with Crippen molar-refractivity contribution in [2.24, 2.45) is 0 Å². The third kappa shape index (κ3) is 2.42. The fraction of sp³-hybridized carbons (Fsp3) is 0.308. The number of carboxylic acids is 1. The van der Waals surface area contributed by atoms with E-state index in [9.17, 15) is 9.59 Å². The number of aromatic nitrogens is 2. The molecule has 1 aromatic heterocycles. The Labute approximate surface area is 109 Å². The third-order valence-electron chi connectivity index (χ3n) is 2.87. The largest absolute Gasteiger partial charge is 0.478 e. The predicted molar refractivity (Wildman–Crippen MR) is 68.0 cm³/mol. The Bertz CT molecular complexity index is 633. The number of imidazole rings is 1. The number of hydrogen-bond acceptors (Lipinski definition) is 4. The van der Waals surface area contributed by atoms with Crippen molar-refractivity contribution in [2.45, 2.75) is 19.9 Å². The molecule has 0 bridgehead atoms. The highest BCUT2D eigenvalue weighted by Crippen LogP contribution is 2.20. The number of rotatable bonds is 4. The van der Waals surface area contributed by atoms with Gasteiger partial charge in [-0.05, 0) is 32.0 Å². The number of aromatic carboxylic acids is 1. The van der Waals surface area contributed by atoms with Crippen LogP contribution < -0.4 is 0 Å². The summed E-state index contributed by atoms with van der Waals surface area (Å²) in [6.45, 7) is 3.72. The van der Waals surface area contributed by atoms with E-state index in [1.54, 1.807) is 24.5 Å². The average molecular weight is 262 g/mol.